The summed E-state index contributed by atoms with van der Waals surface area (Å²) in [4.78, 5) is 0. The zero-order chi connectivity index (χ0) is 12.5. The van der Waals surface area contributed by atoms with Gasteiger partial charge in [0.25, 0.3) is 0 Å². The molecule has 0 aliphatic carbocycles. The van der Waals surface area contributed by atoms with Gasteiger partial charge < -0.3 is 14.8 Å². The number of piperidine rings is 1. The molecule has 1 aromatic rings. The van der Waals surface area contributed by atoms with Crippen LogP contribution in [0.25, 0.3) is 0 Å². The highest BCUT2D eigenvalue weighted by Crippen LogP contribution is 2.39. The molecule has 1 fully saturated rings. The maximum Gasteiger partial charge on any atom is 0.231 e. The molecule has 1 aromatic carbocycles. The Bertz CT molecular complexity index is 450. The standard InChI is InChI=1S/C15H21NO2/c1-10-11(2)15-14(17-9-18-15)8-12(10)7-13-5-3-4-6-16-13/h8,13,16H,3-7,9H2,1-2H3. The summed E-state index contributed by atoms with van der Waals surface area (Å²) < 4.78 is 11.0. The molecule has 1 atom stereocenters. The van der Waals surface area contributed by atoms with Crippen molar-refractivity contribution < 1.29 is 9.47 Å². The zero-order valence-electron chi connectivity index (χ0n) is 11.2. The van der Waals surface area contributed by atoms with Crippen LogP contribution in [0.15, 0.2) is 6.07 Å². The molecule has 3 heteroatoms. The number of nitrogens with one attached hydrogen (secondary N) is 1. The van der Waals surface area contributed by atoms with Gasteiger partial charge >= 0.3 is 0 Å². The molecule has 0 radical (unpaired) electrons. The summed E-state index contributed by atoms with van der Waals surface area (Å²) in [5.74, 6) is 1.86. The van der Waals surface area contributed by atoms with Crippen LogP contribution >= 0.6 is 0 Å². The van der Waals surface area contributed by atoms with E-state index < -0.39 is 0 Å². The fourth-order valence-electron chi connectivity index (χ4n) is 2.94. The van der Waals surface area contributed by atoms with Crippen LogP contribution in [0.1, 0.15) is 36.0 Å². The van der Waals surface area contributed by atoms with E-state index in [0.717, 1.165) is 24.5 Å². The van der Waals surface area contributed by atoms with Gasteiger partial charge in [-0.3, -0.25) is 0 Å². The summed E-state index contributed by atoms with van der Waals surface area (Å²) in [6.07, 6.45) is 5.05. The third-order valence-electron chi connectivity index (χ3n) is 4.21. The minimum atomic E-state index is 0.362. The van der Waals surface area contributed by atoms with E-state index in [4.69, 9.17) is 9.47 Å². The maximum atomic E-state index is 5.52. The second-order valence-corrected chi connectivity index (χ2v) is 5.37. The van der Waals surface area contributed by atoms with Crippen molar-refractivity contribution in [3.8, 4) is 11.5 Å². The molecular formula is C15H21NO2. The fraction of sp³-hybridized carbons (Fsp3) is 0.600. The number of hydrogen-bond donors (Lipinski definition) is 1. The van der Waals surface area contributed by atoms with Gasteiger partial charge in [-0.2, -0.15) is 0 Å². The van der Waals surface area contributed by atoms with E-state index in [0.29, 0.717) is 12.8 Å². The lowest BCUT2D eigenvalue weighted by atomic mass is 9.93. The van der Waals surface area contributed by atoms with Crippen LogP contribution < -0.4 is 14.8 Å². The van der Waals surface area contributed by atoms with Crippen molar-refractivity contribution in [1.82, 2.24) is 5.32 Å². The van der Waals surface area contributed by atoms with Crippen molar-refractivity contribution in [2.24, 2.45) is 0 Å². The van der Waals surface area contributed by atoms with Gasteiger partial charge in [0.05, 0.1) is 0 Å². The third-order valence-corrected chi connectivity index (χ3v) is 4.21. The van der Waals surface area contributed by atoms with Gasteiger partial charge in [0, 0.05) is 6.04 Å². The first-order valence-electron chi connectivity index (χ1n) is 6.88. The molecule has 0 amide bonds. The largest absolute Gasteiger partial charge is 0.454 e. The molecule has 2 heterocycles. The van der Waals surface area contributed by atoms with Gasteiger partial charge in [0.2, 0.25) is 6.79 Å². The highest BCUT2D eigenvalue weighted by molar-refractivity contribution is 5.54. The molecule has 18 heavy (non-hydrogen) atoms. The van der Waals surface area contributed by atoms with E-state index in [9.17, 15) is 0 Å². The number of ether oxygens (including phenoxy) is 2. The van der Waals surface area contributed by atoms with Gasteiger partial charge in [0.15, 0.2) is 11.5 Å². The van der Waals surface area contributed by atoms with Gasteiger partial charge in [-0.15, -0.1) is 0 Å². The molecule has 2 aliphatic rings. The summed E-state index contributed by atoms with van der Waals surface area (Å²) in [7, 11) is 0. The number of hydrogen-bond acceptors (Lipinski definition) is 3. The highest BCUT2D eigenvalue weighted by atomic mass is 16.7. The van der Waals surface area contributed by atoms with Crippen molar-refractivity contribution in [1.29, 1.82) is 0 Å². The lowest BCUT2D eigenvalue weighted by Crippen LogP contribution is -2.35. The average Bonchev–Trinajstić information content (AvgIpc) is 2.85. The molecular weight excluding hydrogens is 226 g/mol. The Kier molecular flexibility index (Phi) is 3.16. The van der Waals surface area contributed by atoms with Crippen molar-refractivity contribution in [2.45, 2.75) is 45.6 Å². The minimum absolute atomic E-state index is 0.362. The van der Waals surface area contributed by atoms with Crippen LogP contribution in [0.4, 0.5) is 0 Å². The van der Waals surface area contributed by atoms with Gasteiger partial charge in [-0.25, -0.2) is 0 Å². The minimum Gasteiger partial charge on any atom is -0.454 e. The van der Waals surface area contributed by atoms with Gasteiger partial charge in [-0.05, 0) is 62.4 Å². The summed E-state index contributed by atoms with van der Waals surface area (Å²) >= 11 is 0. The topological polar surface area (TPSA) is 30.5 Å². The summed E-state index contributed by atoms with van der Waals surface area (Å²) in [6.45, 7) is 5.84. The molecule has 0 bridgehead atoms. The quantitative estimate of drug-likeness (QED) is 0.871. The molecule has 3 rings (SSSR count). The molecule has 3 nitrogen and oxygen atoms in total. The van der Waals surface area contributed by atoms with Crippen LogP contribution in [0.2, 0.25) is 0 Å². The number of benzene rings is 1. The van der Waals surface area contributed by atoms with Crippen LogP contribution in [-0.4, -0.2) is 19.4 Å². The van der Waals surface area contributed by atoms with Crippen molar-refractivity contribution >= 4 is 0 Å². The molecule has 1 unspecified atom stereocenters. The first-order valence-corrected chi connectivity index (χ1v) is 6.88. The zero-order valence-corrected chi connectivity index (χ0v) is 11.2. The highest BCUT2D eigenvalue weighted by Gasteiger charge is 2.22. The maximum absolute atomic E-state index is 5.52. The third kappa shape index (κ3) is 2.07. The van der Waals surface area contributed by atoms with Crippen molar-refractivity contribution in [2.75, 3.05) is 13.3 Å². The van der Waals surface area contributed by atoms with E-state index in [1.165, 1.54) is 36.0 Å². The monoisotopic (exact) mass is 247 g/mol. The van der Waals surface area contributed by atoms with Gasteiger partial charge in [0.1, 0.15) is 0 Å². The summed E-state index contributed by atoms with van der Waals surface area (Å²) in [5, 5.41) is 3.61. The lowest BCUT2D eigenvalue weighted by Gasteiger charge is -2.24. The van der Waals surface area contributed by atoms with E-state index in [-0.39, 0.29) is 0 Å². The molecule has 1 N–H and O–H groups in total. The lowest BCUT2D eigenvalue weighted by molar-refractivity contribution is 0.173. The molecule has 98 valence electrons. The SMILES string of the molecule is Cc1c(CC2CCCCN2)cc2c(c1C)OCO2. The van der Waals surface area contributed by atoms with Crippen molar-refractivity contribution in [3.05, 3.63) is 22.8 Å². The Morgan fingerprint density at radius 2 is 2.11 bits per heavy atom. The Labute approximate surface area is 108 Å². The molecule has 0 aromatic heterocycles. The van der Waals surface area contributed by atoms with Crippen LogP contribution in [0, 0.1) is 13.8 Å². The van der Waals surface area contributed by atoms with Crippen LogP contribution in [0.5, 0.6) is 11.5 Å². The first-order chi connectivity index (χ1) is 8.75. The van der Waals surface area contributed by atoms with Crippen molar-refractivity contribution in [3.63, 3.8) is 0 Å². The van der Waals surface area contributed by atoms with E-state index >= 15 is 0 Å². The predicted octanol–water partition coefficient (Wildman–Crippen LogP) is 2.72. The van der Waals surface area contributed by atoms with E-state index in [2.05, 4.69) is 25.2 Å². The molecule has 0 spiro atoms. The first kappa shape index (κ1) is 11.8. The second kappa shape index (κ2) is 4.81. The van der Waals surface area contributed by atoms with Crippen LogP contribution in [0.3, 0.4) is 0 Å². The fourth-order valence-corrected chi connectivity index (χ4v) is 2.94. The Hall–Kier alpha value is -1.22. The summed E-state index contributed by atoms with van der Waals surface area (Å²) in [6, 6.07) is 2.79. The average molecular weight is 247 g/mol. The predicted molar refractivity (Wildman–Crippen MR) is 71.4 cm³/mol. The normalized spacial score (nSPS) is 22.2. The molecule has 1 saturated heterocycles. The molecule has 0 saturated carbocycles. The Morgan fingerprint density at radius 3 is 2.89 bits per heavy atom. The van der Waals surface area contributed by atoms with E-state index in [1.807, 2.05) is 0 Å². The number of rotatable bonds is 2. The smallest absolute Gasteiger partial charge is 0.231 e. The Balaban J connectivity index is 1.85. The second-order valence-electron chi connectivity index (χ2n) is 5.37. The van der Waals surface area contributed by atoms with Gasteiger partial charge in [-0.1, -0.05) is 6.42 Å². The number of fused-ring (bicyclic) bond motifs is 1. The van der Waals surface area contributed by atoms with E-state index in [1.54, 1.807) is 0 Å². The van der Waals surface area contributed by atoms with Crippen LogP contribution in [-0.2, 0) is 6.42 Å². The molecule has 2 aliphatic heterocycles. The summed E-state index contributed by atoms with van der Waals surface area (Å²) in [5.41, 5.74) is 3.98. The Morgan fingerprint density at radius 1 is 1.22 bits per heavy atom.